The van der Waals surface area contributed by atoms with Crippen molar-refractivity contribution in [2.75, 3.05) is 20.6 Å². The summed E-state index contributed by atoms with van der Waals surface area (Å²) in [5.74, 6) is -1.37. The van der Waals surface area contributed by atoms with Crippen LogP contribution in [0.25, 0.3) is 0 Å². The van der Waals surface area contributed by atoms with Gasteiger partial charge in [0, 0.05) is 37.3 Å². The number of carbonyl (C=O) groups excluding carboxylic acids is 1. The van der Waals surface area contributed by atoms with Crippen molar-refractivity contribution in [1.29, 1.82) is 0 Å². The van der Waals surface area contributed by atoms with Crippen LogP contribution in [0.5, 0.6) is 5.75 Å². The van der Waals surface area contributed by atoms with Crippen LogP contribution in [0.15, 0.2) is 42.7 Å². The van der Waals surface area contributed by atoms with Crippen molar-refractivity contribution in [1.82, 2.24) is 15.2 Å². The lowest BCUT2D eigenvalue weighted by molar-refractivity contribution is -0.194. The van der Waals surface area contributed by atoms with E-state index in [1.807, 2.05) is 19.0 Å². The Morgan fingerprint density at radius 1 is 1.25 bits per heavy atom. The number of phenols is 1. The Bertz CT molecular complexity index is 934. The molecular formula is C23H27ClF3N3O2. The van der Waals surface area contributed by atoms with Crippen molar-refractivity contribution >= 4 is 17.5 Å². The number of amides is 1. The molecule has 0 saturated heterocycles. The van der Waals surface area contributed by atoms with E-state index < -0.39 is 23.4 Å². The lowest BCUT2D eigenvalue weighted by atomic mass is 9.80. The van der Waals surface area contributed by atoms with E-state index in [1.165, 1.54) is 18.5 Å². The molecule has 1 fully saturated rings. The van der Waals surface area contributed by atoms with E-state index in [4.69, 9.17) is 11.6 Å². The van der Waals surface area contributed by atoms with Gasteiger partial charge in [-0.3, -0.25) is 9.78 Å². The molecule has 1 aromatic carbocycles. The Kier molecular flexibility index (Phi) is 7.35. The number of nitrogens with zero attached hydrogens (tertiary/aromatic N) is 2. The van der Waals surface area contributed by atoms with Crippen LogP contribution in [-0.2, 0) is 11.2 Å². The quantitative estimate of drug-likeness (QED) is 0.565. The Balaban J connectivity index is 1.68. The van der Waals surface area contributed by atoms with Crippen LogP contribution in [0.1, 0.15) is 36.3 Å². The van der Waals surface area contributed by atoms with Crippen LogP contribution in [0.4, 0.5) is 13.2 Å². The minimum Gasteiger partial charge on any atom is -0.506 e. The molecule has 2 atom stereocenters. The molecule has 1 aliphatic carbocycles. The molecule has 5 nitrogen and oxygen atoms in total. The number of aromatic hydroxyl groups is 1. The SMILES string of the molecule is CN(C)[C@H](CNC(=O)C[C@@H](c1ccncc1)C1(C(F)(F)F)CC1)Cc1ccc(O)c(Cl)c1. The number of pyridine rings is 1. The average Bonchev–Trinajstić information content (AvgIpc) is 3.54. The molecule has 0 spiro atoms. The number of rotatable bonds is 9. The molecule has 0 aliphatic heterocycles. The highest BCUT2D eigenvalue weighted by Gasteiger charge is 2.67. The fraction of sp³-hybridized carbons (Fsp3) is 0.478. The molecule has 2 N–H and O–H groups in total. The first kappa shape index (κ1) is 24.3. The number of nitrogens with one attached hydrogen (secondary N) is 1. The second-order valence-electron chi connectivity index (χ2n) is 8.60. The van der Waals surface area contributed by atoms with E-state index in [0.717, 1.165) is 5.56 Å². The summed E-state index contributed by atoms with van der Waals surface area (Å²) in [6, 6.07) is 7.93. The third kappa shape index (κ3) is 5.53. The minimum atomic E-state index is -4.37. The summed E-state index contributed by atoms with van der Waals surface area (Å²) in [7, 11) is 3.73. The molecule has 1 aliphatic rings. The Morgan fingerprint density at radius 3 is 2.44 bits per heavy atom. The first-order chi connectivity index (χ1) is 15.0. The van der Waals surface area contributed by atoms with E-state index >= 15 is 0 Å². The second-order valence-corrected chi connectivity index (χ2v) is 9.01. The standard InChI is InChI=1S/C23H27ClF3N3O2/c1-30(2)17(11-15-3-4-20(31)19(24)12-15)14-29-21(32)13-18(16-5-9-28-10-6-16)22(7-8-22)23(25,26)27/h3-6,9-10,12,17-18,31H,7-8,11,13-14H2,1-2H3,(H,29,32)/t17-,18-/m0/s1. The third-order valence-electron chi connectivity index (χ3n) is 6.27. The number of alkyl halides is 3. The van der Waals surface area contributed by atoms with Gasteiger partial charge in [0.1, 0.15) is 5.75 Å². The molecule has 1 amide bonds. The molecule has 2 aromatic rings. The number of phenolic OH excluding ortho intramolecular Hbond substituents is 1. The van der Waals surface area contributed by atoms with Crippen LogP contribution in [0.2, 0.25) is 5.02 Å². The first-order valence-corrected chi connectivity index (χ1v) is 10.8. The molecule has 0 unspecified atom stereocenters. The summed E-state index contributed by atoms with van der Waals surface area (Å²) in [6.45, 7) is 0.270. The molecule has 0 bridgehead atoms. The first-order valence-electron chi connectivity index (χ1n) is 10.4. The van der Waals surface area contributed by atoms with Crippen molar-refractivity contribution < 1.29 is 23.1 Å². The van der Waals surface area contributed by atoms with Gasteiger partial charge >= 0.3 is 6.18 Å². The van der Waals surface area contributed by atoms with Crippen LogP contribution in [-0.4, -0.2) is 53.8 Å². The van der Waals surface area contributed by atoms with Crippen LogP contribution in [0.3, 0.4) is 0 Å². The molecular weight excluding hydrogens is 443 g/mol. The summed E-state index contributed by atoms with van der Waals surface area (Å²) in [5.41, 5.74) is -0.493. The molecule has 1 saturated carbocycles. The van der Waals surface area contributed by atoms with Crippen molar-refractivity contribution in [2.45, 2.75) is 43.8 Å². The maximum atomic E-state index is 13.8. The largest absolute Gasteiger partial charge is 0.506 e. The zero-order valence-electron chi connectivity index (χ0n) is 18.0. The van der Waals surface area contributed by atoms with Crippen molar-refractivity contribution in [3.05, 3.63) is 58.9 Å². The van der Waals surface area contributed by atoms with Gasteiger partial charge in [-0.1, -0.05) is 17.7 Å². The van der Waals surface area contributed by atoms with Gasteiger partial charge in [0.25, 0.3) is 0 Å². The highest BCUT2D eigenvalue weighted by molar-refractivity contribution is 6.32. The minimum absolute atomic E-state index is 0.00838. The van der Waals surface area contributed by atoms with E-state index in [9.17, 15) is 23.1 Å². The van der Waals surface area contributed by atoms with Gasteiger partial charge in [-0.25, -0.2) is 0 Å². The lowest BCUT2D eigenvalue weighted by Crippen LogP contribution is -2.42. The number of aromatic nitrogens is 1. The van der Waals surface area contributed by atoms with Gasteiger partial charge < -0.3 is 15.3 Å². The highest BCUT2D eigenvalue weighted by Crippen LogP contribution is 2.66. The fourth-order valence-corrected chi connectivity index (χ4v) is 4.27. The van der Waals surface area contributed by atoms with E-state index in [0.29, 0.717) is 12.0 Å². The van der Waals surface area contributed by atoms with Gasteiger partial charge in [0.15, 0.2) is 0 Å². The monoisotopic (exact) mass is 469 g/mol. The van der Waals surface area contributed by atoms with Crippen molar-refractivity contribution in [2.24, 2.45) is 5.41 Å². The van der Waals surface area contributed by atoms with E-state index in [-0.39, 0.29) is 42.6 Å². The predicted octanol–water partition coefficient (Wildman–Crippen LogP) is 4.55. The topological polar surface area (TPSA) is 65.5 Å². The average molecular weight is 470 g/mol. The number of hydrogen-bond acceptors (Lipinski definition) is 4. The molecule has 32 heavy (non-hydrogen) atoms. The van der Waals surface area contributed by atoms with Crippen molar-refractivity contribution in [3.63, 3.8) is 0 Å². The molecule has 1 aromatic heterocycles. The Morgan fingerprint density at radius 2 is 1.91 bits per heavy atom. The van der Waals surface area contributed by atoms with E-state index in [1.54, 1.807) is 24.3 Å². The number of carbonyl (C=O) groups is 1. The molecule has 0 radical (unpaired) electrons. The number of hydrogen-bond donors (Lipinski definition) is 2. The van der Waals surface area contributed by atoms with Gasteiger partial charge in [-0.2, -0.15) is 13.2 Å². The van der Waals surface area contributed by atoms with Crippen LogP contribution < -0.4 is 5.32 Å². The number of benzene rings is 1. The van der Waals surface area contributed by atoms with Gasteiger partial charge in [0.2, 0.25) is 5.91 Å². The Labute approximate surface area is 190 Å². The molecule has 9 heteroatoms. The normalized spacial score (nSPS) is 17.1. The molecule has 3 rings (SSSR count). The summed E-state index contributed by atoms with van der Waals surface area (Å²) < 4.78 is 41.5. The maximum absolute atomic E-state index is 13.8. The van der Waals surface area contributed by atoms with Gasteiger partial charge in [-0.05, 0) is 68.8 Å². The lowest BCUT2D eigenvalue weighted by Gasteiger charge is -2.30. The number of halogens is 4. The van der Waals surface area contributed by atoms with Crippen molar-refractivity contribution in [3.8, 4) is 5.75 Å². The number of likely N-dealkylation sites (N-methyl/N-ethyl adjacent to an activating group) is 1. The summed E-state index contributed by atoms with van der Waals surface area (Å²) in [4.78, 5) is 18.6. The third-order valence-corrected chi connectivity index (χ3v) is 6.57. The van der Waals surface area contributed by atoms with Gasteiger partial charge in [-0.15, -0.1) is 0 Å². The second kappa shape index (κ2) is 9.67. The molecule has 174 valence electrons. The van der Waals surface area contributed by atoms with Crippen LogP contribution in [0, 0.1) is 5.41 Å². The highest BCUT2D eigenvalue weighted by atomic mass is 35.5. The summed E-state index contributed by atoms with van der Waals surface area (Å²) in [5, 5.41) is 12.6. The summed E-state index contributed by atoms with van der Waals surface area (Å²) in [6.07, 6.45) is -1.10. The zero-order valence-corrected chi connectivity index (χ0v) is 18.7. The maximum Gasteiger partial charge on any atom is 0.395 e. The Hall–Kier alpha value is -2.32. The molecule has 1 heterocycles. The van der Waals surface area contributed by atoms with Gasteiger partial charge in [0.05, 0.1) is 10.4 Å². The van der Waals surface area contributed by atoms with E-state index in [2.05, 4.69) is 10.3 Å². The van der Waals surface area contributed by atoms with Crippen LogP contribution >= 0.6 is 11.6 Å². The smallest absolute Gasteiger partial charge is 0.395 e. The predicted molar refractivity (Wildman–Crippen MR) is 117 cm³/mol. The fourth-order valence-electron chi connectivity index (χ4n) is 4.07. The zero-order chi connectivity index (χ0) is 23.5. The summed E-state index contributed by atoms with van der Waals surface area (Å²) >= 11 is 5.98.